The maximum Gasteiger partial charge on any atom is 0.173 e. The Hall–Kier alpha value is 0.0300. The minimum absolute atomic E-state index is 0. The molecule has 0 fully saturated rings. The van der Waals surface area contributed by atoms with Gasteiger partial charge in [-0.05, 0) is 49.4 Å². The third-order valence-corrected chi connectivity index (χ3v) is 5.17. The van der Waals surface area contributed by atoms with Crippen molar-refractivity contribution < 1.29 is 9.84 Å². The second kappa shape index (κ2) is 7.58. The first-order valence-corrected chi connectivity index (χ1v) is 7.03. The van der Waals surface area contributed by atoms with Crippen LogP contribution >= 0.6 is 44.3 Å². The highest BCUT2D eigenvalue weighted by Crippen LogP contribution is 2.44. The molecule has 1 aromatic rings. The van der Waals surface area contributed by atoms with Gasteiger partial charge in [-0.1, -0.05) is 20.3 Å². The lowest BCUT2D eigenvalue weighted by atomic mass is 9.93. The first-order valence-electron chi connectivity index (χ1n) is 5.44. The maximum atomic E-state index is 9.84. The standard InChI is InChI=1S/C12H17Br2NO2.ClH/c1-4-6(2)11(15)7-5-8(17-3)12(16)10(14)9(7)13;/h5-6,11,16H,4,15H2,1-3H3;1H/t6?,11-;/m0./s1. The van der Waals surface area contributed by atoms with E-state index in [4.69, 9.17) is 10.5 Å². The largest absolute Gasteiger partial charge is 0.503 e. The Kier molecular flexibility index (Phi) is 7.59. The van der Waals surface area contributed by atoms with E-state index in [1.165, 1.54) is 7.11 Å². The Bertz CT molecular complexity index is 416. The summed E-state index contributed by atoms with van der Waals surface area (Å²) in [6.45, 7) is 4.20. The molecule has 104 valence electrons. The minimum Gasteiger partial charge on any atom is -0.503 e. The van der Waals surface area contributed by atoms with Gasteiger partial charge in [-0.15, -0.1) is 12.4 Å². The summed E-state index contributed by atoms with van der Waals surface area (Å²) in [6, 6.07) is 1.68. The van der Waals surface area contributed by atoms with Crippen molar-refractivity contribution in [3.05, 3.63) is 20.6 Å². The molecule has 0 heterocycles. The van der Waals surface area contributed by atoms with Gasteiger partial charge in [0.15, 0.2) is 11.5 Å². The quantitative estimate of drug-likeness (QED) is 0.784. The summed E-state index contributed by atoms with van der Waals surface area (Å²) >= 11 is 6.78. The van der Waals surface area contributed by atoms with Crippen LogP contribution in [-0.2, 0) is 0 Å². The average Bonchev–Trinajstić information content (AvgIpc) is 2.34. The van der Waals surface area contributed by atoms with Crippen LogP contribution in [0.4, 0.5) is 0 Å². The number of phenolic OH excluding ortho intramolecular Hbond substituents is 1. The highest BCUT2D eigenvalue weighted by atomic mass is 79.9. The Morgan fingerprint density at radius 3 is 2.39 bits per heavy atom. The van der Waals surface area contributed by atoms with Crippen molar-refractivity contribution in [2.75, 3.05) is 7.11 Å². The lowest BCUT2D eigenvalue weighted by Gasteiger charge is -2.22. The van der Waals surface area contributed by atoms with Crippen LogP contribution < -0.4 is 10.5 Å². The third-order valence-electron chi connectivity index (χ3n) is 3.01. The topological polar surface area (TPSA) is 55.5 Å². The normalized spacial score (nSPS) is 13.7. The number of ether oxygens (including phenoxy) is 1. The molecule has 0 amide bonds. The fourth-order valence-corrected chi connectivity index (χ4v) is 2.56. The van der Waals surface area contributed by atoms with Gasteiger partial charge in [0, 0.05) is 10.5 Å². The monoisotopic (exact) mass is 401 g/mol. The van der Waals surface area contributed by atoms with E-state index < -0.39 is 0 Å². The lowest BCUT2D eigenvalue weighted by molar-refractivity contribution is 0.368. The highest BCUT2D eigenvalue weighted by Gasteiger charge is 2.21. The molecule has 3 N–H and O–H groups in total. The molecular formula is C12H18Br2ClNO2. The van der Waals surface area contributed by atoms with E-state index in [1.807, 2.05) is 0 Å². The molecule has 3 nitrogen and oxygen atoms in total. The summed E-state index contributed by atoms with van der Waals surface area (Å²) in [7, 11) is 1.52. The summed E-state index contributed by atoms with van der Waals surface area (Å²) in [5, 5.41) is 9.84. The third kappa shape index (κ3) is 3.53. The van der Waals surface area contributed by atoms with Crippen LogP contribution in [0.3, 0.4) is 0 Å². The zero-order valence-electron chi connectivity index (χ0n) is 10.5. The number of halogens is 3. The number of phenols is 1. The van der Waals surface area contributed by atoms with Gasteiger partial charge in [-0.3, -0.25) is 0 Å². The molecule has 2 atom stereocenters. The molecular weight excluding hydrogens is 385 g/mol. The van der Waals surface area contributed by atoms with Gasteiger partial charge in [0.05, 0.1) is 11.6 Å². The van der Waals surface area contributed by atoms with Crippen molar-refractivity contribution in [1.29, 1.82) is 0 Å². The van der Waals surface area contributed by atoms with E-state index in [9.17, 15) is 5.11 Å². The number of nitrogens with two attached hydrogens (primary N) is 1. The molecule has 1 rings (SSSR count). The van der Waals surface area contributed by atoms with Crippen LogP contribution in [0.1, 0.15) is 31.9 Å². The molecule has 0 aliphatic heterocycles. The van der Waals surface area contributed by atoms with E-state index >= 15 is 0 Å². The number of hydrogen-bond donors (Lipinski definition) is 2. The van der Waals surface area contributed by atoms with Crippen molar-refractivity contribution in [3.8, 4) is 11.5 Å². The fourth-order valence-electron chi connectivity index (χ4n) is 1.57. The summed E-state index contributed by atoms with van der Waals surface area (Å²) in [6.07, 6.45) is 0.994. The van der Waals surface area contributed by atoms with E-state index in [2.05, 4.69) is 45.7 Å². The van der Waals surface area contributed by atoms with Gasteiger partial charge < -0.3 is 15.6 Å². The molecule has 0 spiro atoms. The van der Waals surface area contributed by atoms with E-state index in [0.717, 1.165) is 16.5 Å². The molecule has 0 aliphatic carbocycles. The van der Waals surface area contributed by atoms with Gasteiger partial charge in [0.1, 0.15) is 0 Å². The maximum absolute atomic E-state index is 9.84. The highest BCUT2D eigenvalue weighted by molar-refractivity contribution is 9.13. The number of methoxy groups -OCH3 is 1. The molecule has 0 saturated heterocycles. The molecule has 0 saturated carbocycles. The van der Waals surface area contributed by atoms with Crippen molar-refractivity contribution >= 4 is 44.3 Å². The second-order valence-electron chi connectivity index (χ2n) is 4.06. The van der Waals surface area contributed by atoms with Crippen LogP contribution in [0.15, 0.2) is 15.0 Å². The van der Waals surface area contributed by atoms with Crippen molar-refractivity contribution in [2.24, 2.45) is 11.7 Å². The Morgan fingerprint density at radius 2 is 1.94 bits per heavy atom. The summed E-state index contributed by atoms with van der Waals surface area (Å²) in [5.41, 5.74) is 7.14. The van der Waals surface area contributed by atoms with Gasteiger partial charge in [0.25, 0.3) is 0 Å². The van der Waals surface area contributed by atoms with Crippen LogP contribution in [0, 0.1) is 5.92 Å². The van der Waals surface area contributed by atoms with Crippen LogP contribution in [0.25, 0.3) is 0 Å². The molecule has 0 aromatic heterocycles. The average molecular weight is 404 g/mol. The van der Waals surface area contributed by atoms with Crippen molar-refractivity contribution in [2.45, 2.75) is 26.3 Å². The van der Waals surface area contributed by atoms with Crippen LogP contribution in [-0.4, -0.2) is 12.2 Å². The number of rotatable bonds is 4. The van der Waals surface area contributed by atoms with Gasteiger partial charge in [0.2, 0.25) is 0 Å². The predicted octanol–water partition coefficient (Wildman–Crippen LogP) is 4.39. The first-order chi connectivity index (χ1) is 7.93. The number of hydrogen-bond acceptors (Lipinski definition) is 3. The molecule has 1 unspecified atom stereocenters. The van der Waals surface area contributed by atoms with Crippen molar-refractivity contribution in [1.82, 2.24) is 0 Å². The number of benzene rings is 1. The Morgan fingerprint density at radius 1 is 1.39 bits per heavy atom. The lowest BCUT2D eigenvalue weighted by Crippen LogP contribution is -2.19. The zero-order chi connectivity index (χ0) is 13.2. The van der Waals surface area contributed by atoms with E-state index in [1.54, 1.807) is 6.07 Å². The van der Waals surface area contributed by atoms with E-state index in [-0.39, 0.29) is 24.2 Å². The zero-order valence-corrected chi connectivity index (χ0v) is 14.5. The molecule has 1 aromatic carbocycles. The molecule has 18 heavy (non-hydrogen) atoms. The number of aromatic hydroxyl groups is 1. The van der Waals surface area contributed by atoms with Crippen LogP contribution in [0.5, 0.6) is 11.5 Å². The van der Waals surface area contributed by atoms with Crippen molar-refractivity contribution in [3.63, 3.8) is 0 Å². The molecule has 0 aliphatic rings. The first kappa shape index (κ1) is 18.0. The molecule has 0 bridgehead atoms. The summed E-state index contributed by atoms with van der Waals surface area (Å²) in [4.78, 5) is 0. The second-order valence-corrected chi connectivity index (χ2v) is 5.64. The molecule has 6 heteroatoms. The van der Waals surface area contributed by atoms with Gasteiger partial charge in [-0.25, -0.2) is 0 Å². The summed E-state index contributed by atoms with van der Waals surface area (Å²) in [5.74, 6) is 0.862. The van der Waals surface area contributed by atoms with Gasteiger partial charge in [-0.2, -0.15) is 0 Å². The Labute approximate surface area is 131 Å². The predicted molar refractivity (Wildman–Crippen MR) is 83.7 cm³/mol. The SMILES string of the molecule is CCC(C)[C@H](N)c1cc(OC)c(O)c(Br)c1Br.Cl. The van der Waals surface area contributed by atoms with Crippen LogP contribution in [0.2, 0.25) is 0 Å². The van der Waals surface area contributed by atoms with E-state index in [0.29, 0.717) is 16.1 Å². The minimum atomic E-state index is -0.0971. The molecule has 0 radical (unpaired) electrons. The fraction of sp³-hybridized carbons (Fsp3) is 0.500. The van der Waals surface area contributed by atoms with Gasteiger partial charge >= 0.3 is 0 Å². The summed E-state index contributed by atoms with van der Waals surface area (Å²) < 4.78 is 6.48. The Balaban J connectivity index is 0.00000289. The smallest absolute Gasteiger partial charge is 0.173 e.